The minimum Gasteiger partial charge on any atom is -0.445 e. The zero-order valence-corrected chi connectivity index (χ0v) is 48.0. The van der Waals surface area contributed by atoms with Crippen molar-refractivity contribution in [1.29, 1.82) is 0 Å². The van der Waals surface area contributed by atoms with E-state index in [1.165, 1.54) is 0 Å². The Hall–Kier alpha value is -6.13. The second-order valence-corrected chi connectivity index (χ2v) is 23.3. The number of fused-ring (bicyclic) bond motifs is 2. The number of ketones is 2. The summed E-state index contributed by atoms with van der Waals surface area (Å²) in [6, 6.07) is 24.4. The van der Waals surface area contributed by atoms with Crippen molar-refractivity contribution >= 4 is 47.2 Å². The molecule has 2 heterocycles. The molecule has 11 atom stereocenters. The van der Waals surface area contributed by atoms with E-state index in [1.54, 1.807) is 67.2 Å². The summed E-state index contributed by atoms with van der Waals surface area (Å²) in [6.45, 7) is 16.0. The molecule has 0 aromatic heterocycles. The minimum atomic E-state index is -0.722. The highest BCUT2D eigenvalue weighted by Crippen LogP contribution is 2.44. The van der Waals surface area contributed by atoms with Gasteiger partial charge >= 0.3 is 12.2 Å². The second kappa shape index (κ2) is 28.1. The largest absolute Gasteiger partial charge is 0.445 e. The maximum Gasteiger partial charge on any atom is 0.411 e. The van der Waals surface area contributed by atoms with Crippen LogP contribution in [0.5, 0.6) is 0 Å². The molecule has 2 aliphatic heterocycles. The van der Waals surface area contributed by atoms with E-state index in [4.69, 9.17) is 18.9 Å². The molecule has 6 rings (SSSR count). The van der Waals surface area contributed by atoms with E-state index in [9.17, 15) is 33.6 Å². The van der Waals surface area contributed by atoms with Gasteiger partial charge in [0.1, 0.15) is 18.0 Å². The van der Waals surface area contributed by atoms with E-state index in [0.717, 1.165) is 36.0 Å². The van der Waals surface area contributed by atoms with Crippen LogP contribution in [0.4, 0.5) is 15.3 Å². The highest BCUT2D eigenvalue weighted by molar-refractivity contribution is 5.96. The van der Waals surface area contributed by atoms with Crippen LogP contribution in [0.3, 0.4) is 0 Å². The molecule has 0 spiro atoms. The van der Waals surface area contributed by atoms with Gasteiger partial charge in [-0.3, -0.25) is 28.9 Å². The molecule has 2 N–H and O–H groups in total. The standard InChI is InChI=1S/C62H87N5O11/c1-12-40(4)55(65(9)59(72)49(39(2)3)35-52(69)56-45-27-30-48(33-45)67(56)61(74)78-62(6,7)8)53(75-10)36-54(70)66-31-19-24-50(66)57(76-11)41(5)51(68)34-46(32-42-20-15-13-16-21-42)58(71)64-47-28-25-43(26-29-47)37-63-60(73)77-38-44-22-17-14-18-23-44/h13-18,20-23,25-26,28-29,39-41,45-46,48-50,53,55-57H,12,19,24,27,30-38H2,1-11H3,(H,63,73)(H,64,71)/t40-,41-,45-,46+,48+,49-,50-,53+,55-,56-,57+/m0/s1. The van der Waals surface area contributed by atoms with Crippen LogP contribution in [0.15, 0.2) is 84.9 Å². The van der Waals surface area contributed by atoms with E-state index in [2.05, 4.69) is 10.6 Å². The third-order valence-corrected chi connectivity index (χ3v) is 16.4. The van der Waals surface area contributed by atoms with Gasteiger partial charge in [-0.1, -0.05) is 114 Å². The summed E-state index contributed by atoms with van der Waals surface area (Å²) in [7, 11) is 4.85. The Balaban J connectivity index is 1.09. The number of Topliss-reactive ketones (excluding diaryl/α,β-unsaturated/α-hetero) is 2. The molecular formula is C62H87N5O11. The van der Waals surface area contributed by atoms with Crippen molar-refractivity contribution in [3.63, 3.8) is 0 Å². The zero-order chi connectivity index (χ0) is 56.8. The number of carbonyl (C=O) groups is 7. The molecule has 2 bridgehead atoms. The van der Waals surface area contributed by atoms with Gasteiger partial charge in [0.05, 0.1) is 36.8 Å². The minimum absolute atomic E-state index is 0.0233. The van der Waals surface area contributed by atoms with Gasteiger partial charge in [-0.15, -0.1) is 0 Å². The van der Waals surface area contributed by atoms with Gasteiger partial charge in [0.2, 0.25) is 17.7 Å². The predicted molar refractivity (Wildman–Crippen MR) is 299 cm³/mol. The number of carbonyl (C=O) groups excluding carboxylic acids is 7. The zero-order valence-electron chi connectivity index (χ0n) is 48.0. The summed E-state index contributed by atoms with van der Waals surface area (Å²) >= 11 is 0. The van der Waals surface area contributed by atoms with Crippen LogP contribution in [0.1, 0.15) is 130 Å². The number of piperidine rings is 1. The third kappa shape index (κ3) is 16.0. The fourth-order valence-electron chi connectivity index (χ4n) is 12.0. The Labute approximate surface area is 463 Å². The normalized spacial score (nSPS) is 20.7. The summed E-state index contributed by atoms with van der Waals surface area (Å²) in [4.78, 5) is 103. The number of benzene rings is 3. The number of hydrogen-bond donors (Lipinski definition) is 2. The Bertz CT molecular complexity index is 2480. The van der Waals surface area contributed by atoms with Gasteiger partial charge in [-0.05, 0) is 106 Å². The number of anilines is 1. The molecule has 3 fully saturated rings. The number of amides is 5. The molecule has 16 heteroatoms. The Kier molecular flexibility index (Phi) is 22.0. The van der Waals surface area contributed by atoms with Gasteiger partial charge < -0.3 is 39.4 Å². The summed E-state index contributed by atoms with van der Waals surface area (Å²) in [6.07, 6.45) is 2.24. The average Bonchev–Trinajstić information content (AvgIpc) is 4.28. The Morgan fingerprint density at radius 3 is 2.04 bits per heavy atom. The fourth-order valence-corrected chi connectivity index (χ4v) is 12.0. The molecule has 0 radical (unpaired) electrons. The molecule has 1 saturated carbocycles. The Morgan fingerprint density at radius 1 is 0.782 bits per heavy atom. The van der Waals surface area contributed by atoms with Crippen LogP contribution in [-0.2, 0) is 62.5 Å². The maximum absolute atomic E-state index is 14.8. The van der Waals surface area contributed by atoms with Gasteiger partial charge in [-0.2, -0.15) is 0 Å². The third-order valence-electron chi connectivity index (χ3n) is 16.4. The fraction of sp³-hybridized carbons (Fsp3) is 0.597. The molecular weight excluding hydrogens is 991 g/mol. The molecule has 426 valence electrons. The molecule has 3 aliphatic rings. The first-order valence-corrected chi connectivity index (χ1v) is 28.2. The summed E-state index contributed by atoms with van der Waals surface area (Å²) in [5, 5.41) is 5.76. The monoisotopic (exact) mass is 1080 g/mol. The van der Waals surface area contributed by atoms with Crippen LogP contribution in [-0.4, -0.2) is 126 Å². The van der Waals surface area contributed by atoms with Crippen molar-refractivity contribution in [2.24, 2.45) is 35.5 Å². The number of nitrogens with one attached hydrogen (secondary N) is 2. The number of methoxy groups -OCH3 is 2. The van der Waals surface area contributed by atoms with E-state index >= 15 is 0 Å². The van der Waals surface area contributed by atoms with Gasteiger partial charge in [0.25, 0.3) is 0 Å². The van der Waals surface area contributed by atoms with Crippen LogP contribution < -0.4 is 10.6 Å². The topological polar surface area (TPSA) is 190 Å². The molecule has 3 aromatic rings. The predicted octanol–water partition coefficient (Wildman–Crippen LogP) is 9.81. The van der Waals surface area contributed by atoms with Crippen molar-refractivity contribution in [1.82, 2.24) is 20.0 Å². The lowest BCUT2D eigenvalue weighted by Gasteiger charge is -2.41. The van der Waals surface area contributed by atoms with Crippen LogP contribution in [0, 0.1) is 35.5 Å². The first-order chi connectivity index (χ1) is 37.1. The lowest BCUT2D eigenvalue weighted by Crippen LogP contribution is -2.54. The van der Waals surface area contributed by atoms with Gasteiger partial charge in [0.15, 0.2) is 5.78 Å². The average molecular weight is 1080 g/mol. The van der Waals surface area contributed by atoms with E-state index < -0.39 is 65.9 Å². The number of likely N-dealkylation sites (N-methyl/N-ethyl adjacent to an activating group) is 1. The summed E-state index contributed by atoms with van der Waals surface area (Å²) in [5.74, 6) is -3.32. The van der Waals surface area contributed by atoms with Crippen LogP contribution in [0.2, 0.25) is 0 Å². The SMILES string of the molecule is CC[C@H](C)[C@@H]([C@@H](CC(=O)N1CCC[C@H]1[C@H](OC)[C@@H](C)C(=O)C[C@@H](Cc1ccccc1)C(=O)Nc1ccc(CNC(=O)OCc2ccccc2)cc1)OC)N(C)C(=O)[C@@H](CC(=O)[C@@H]1[C@H]2CC[C@H](C2)N1C(=O)OC(C)(C)C)C(C)C. The van der Waals surface area contributed by atoms with E-state index in [0.29, 0.717) is 37.9 Å². The highest BCUT2D eigenvalue weighted by Gasteiger charge is 2.53. The maximum atomic E-state index is 14.8. The van der Waals surface area contributed by atoms with Crippen molar-refractivity contribution in [2.45, 2.75) is 175 Å². The molecule has 3 aromatic carbocycles. The molecule has 2 saturated heterocycles. The van der Waals surface area contributed by atoms with Crippen molar-refractivity contribution < 1.29 is 52.5 Å². The quantitative estimate of drug-likeness (QED) is 0.0778. The molecule has 16 nitrogen and oxygen atoms in total. The summed E-state index contributed by atoms with van der Waals surface area (Å²) < 4.78 is 23.4. The molecule has 5 amide bonds. The molecule has 0 unspecified atom stereocenters. The van der Waals surface area contributed by atoms with Crippen LogP contribution >= 0.6 is 0 Å². The number of alkyl carbamates (subject to hydrolysis) is 1. The van der Waals surface area contributed by atoms with Crippen molar-refractivity contribution in [2.75, 3.05) is 33.1 Å². The number of ether oxygens (including phenoxy) is 4. The lowest BCUT2D eigenvalue weighted by molar-refractivity contribution is -0.149. The lowest BCUT2D eigenvalue weighted by atomic mass is 9.83. The highest BCUT2D eigenvalue weighted by atomic mass is 16.6. The van der Waals surface area contributed by atoms with Crippen molar-refractivity contribution in [3.8, 4) is 0 Å². The van der Waals surface area contributed by atoms with E-state index in [-0.39, 0.29) is 85.5 Å². The van der Waals surface area contributed by atoms with Gasteiger partial charge in [0, 0.05) is 76.7 Å². The first-order valence-electron chi connectivity index (χ1n) is 28.2. The first kappa shape index (κ1) is 61.1. The smallest absolute Gasteiger partial charge is 0.411 e. The van der Waals surface area contributed by atoms with Crippen LogP contribution in [0.25, 0.3) is 0 Å². The number of rotatable bonds is 26. The van der Waals surface area contributed by atoms with E-state index in [1.807, 2.05) is 109 Å². The second-order valence-electron chi connectivity index (χ2n) is 23.3. The Morgan fingerprint density at radius 2 is 1.44 bits per heavy atom. The molecule has 78 heavy (non-hydrogen) atoms. The number of nitrogens with zero attached hydrogens (tertiary/aromatic N) is 3. The number of hydrogen-bond acceptors (Lipinski definition) is 11. The van der Waals surface area contributed by atoms with Crippen molar-refractivity contribution in [3.05, 3.63) is 102 Å². The summed E-state index contributed by atoms with van der Waals surface area (Å²) in [5.41, 5.74) is 2.41. The molecule has 1 aliphatic carbocycles. The van der Waals surface area contributed by atoms with Gasteiger partial charge in [-0.25, -0.2) is 9.59 Å². The number of likely N-dealkylation sites (tertiary alicyclic amines) is 2.